The highest BCUT2D eigenvalue weighted by molar-refractivity contribution is 7.16. The highest BCUT2D eigenvalue weighted by Gasteiger charge is 2.13. The standard InChI is InChI=1S/C17H13F2N3O2S2/c18-10-3-4-11(12(19)8-10)16(24)20-6-5-15(23)22-17-21-13(9-26-17)14-2-1-7-25-14/h1-4,7-9H,5-6H2,(H,20,24)(H,21,22,23). The van der Waals surface area contributed by atoms with Crippen molar-refractivity contribution in [2.75, 3.05) is 11.9 Å². The van der Waals surface area contributed by atoms with Crippen LogP contribution in [0.15, 0.2) is 41.1 Å². The lowest BCUT2D eigenvalue weighted by atomic mass is 10.2. The number of thiazole rings is 1. The van der Waals surface area contributed by atoms with Gasteiger partial charge in [-0.15, -0.1) is 22.7 Å². The Morgan fingerprint density at radius 3 is 2.73 bits per heavy atom. The normalized spacial score (nSPS) is 10.5. The molecule has 3 aromatic rings. The van der Waals surface area contributed by atoms with E-state index in [4.69, 9.17) is 0 Å². The number of benzene rings is 1. The van der Waals surface area contributed by atoms with Gasteiger partial charge in [0.15, 0.2) is 5.13 Å². The van der Waals surface area contributed by atoms with Crippen molar-refractivity contribution >= 4 is 39.6 Å². The number of nitrogens with zero attached hydrogens (tertiary/aromatic N) is 1. The van der Waals surface area contributed by atoms with Crippen LogP contribution in [0.25, 0.3) is 10.6 Å². The Morgan fingerprint density at radius 1 is 1.15 bits per heavy atom. The molecule has 2 aromatic heterocycles. The molecular weight excluding hydrogens is 380 g/mol. The van der Waals surface area contributed by atoms with Crippen molar-refractivity contribution in [1.82, 2.24) is 10.3 Å². The van der Waals surface area contributed by atoms with Gasteiger partial charge in [-0.2, -0.15) is 0 Å². The summed E-state index contributed by atoms with van der Waals surface area (Å²) in [5.41, 5.74) is 0.521. The van der Waals surface area contributed by atoms with E-state index in [2.05, 4.69) is 15.6 Å². The molecule has 0 spiro atoms. The second-order valence-electron chi connectivity index (χ2n) is 5.19. The number of halogens is 2. The van der Waals surface area contributed by atoms with Gasteiger partial charge >= 0.3 is 0 Å². The molecule has 0 saturated heterocycles. The highest BCUT2D eigenvalue weighted by atomic mass is 32.1. The third-order valence-corrected chi connectivity index (χ3v) is 4.99. The van der Waals surface area contributed by atoms with Crippen molar-refractivity contribution in [2.45, 2.75) is 6.42 Å². The van der Waals surface area contributed by atoms with E-state index in [1.165, 1.54) is 11.3 Å². The van der Waals surface area contributed by atoms with Crippen LogP contribution < -0.4 is 10.6 Å². The van der Waals surface area contributed by atoms with Gasteiger partial charge < -0.3 is 10.6 Å². The molecule has 0 radical (unpaired) electrons. The molecule has 0 saturated carbocycles. The maximum absolute atomic E-state index is 13.5. The Bertz CT molecular complexity index is 926. The molecule has 0 bridgehead atoms. The van der Waals surface area contributed by atoms with E-state index in [0.29, 0.717) is 11.2 Å². The minimum atomic E-state index is -0.948. The molecule has 3 rings (SSSR count). The summed E-state index contributed by atoms with van der Waals surface area (Å²) < 4.78 is 26.3. The van der Waals surface area contributed by atoms with Crippen LogP contribution in [0.4, 0.5) is 13.9 Å². The first-order chi connectivity index (χ1) is 12.5. The lowest BCUT2D eigenvalue weighted by molar-refractivity contribution is -0.116. The summed E-state index contributed by atoms with van der Waals surface area (Å²) in [6, 6.07) is 6.55. The molecule has 2 N–H and O–H groups in total. The number of carbonyl (C=O) groups is 2. The molecule has 5 nitrogen and oxygen atoms in total. The third kappa shape index (κ3) is 4.50. The maximum Gasteiger partial charge on any atom is 0.254 e. The van der Waals surface area contributed by atoms with Crippen molar-refractivity contribution in [3.63, 3.8) is 0 Å². The van der Waals surface area contributed by atoms with Crippen LogP contribution >= 0.6 is 22.7 Å². The highest BCUT2D eigenvalue weighted by Crippen LogP contribution is 2.28. The fourth-order valence-corrected chi connectivity index (χ4v) is 3.60. The second kappa shape index (κ2) is 8.15. The van der Waals surface area contributed by atoms with E-state index in [9.17, 15) is 18.4 Å². The lowest BCUT2D eigenvalue weighted by Crippen LogP contribution is -2.28. The molecule has 0 aliphatic carbocycles. The SMILES string of the molecule is O=C(CCNC(=O)c1ccc(F)cc1F)Nc1nc(-c2cccs2)cs1. The molecule has 0 atom stereocenters. The molecule has 26 heavy (non-hydrogen) atoms. The van der Waals surface area contributed by atoms with Gasteiger partial charge in [0.25, 0.3) is 5.91 Å². The molecule has 2 heterocycles. The number of amides is 2. The molecule has 2 amide bonds. The first-order valence-corrected chi connectivity index (χ1v) is 9.31. The molecule has 9 heteroatoms. The Hall–Kier alpha value is -2.65. The summed E-state index contributed by atoms with van der Waals surface area (Å²) in [4.78, 5) is 29.1. The lowest BCUT2D eigenvalue weighted by Gasteiger charge is -2.06. The smallest absolute Gasteiger partial charge is 0.254 e. The van der Waals surface area contributed by atoms with Crippen molar-refractivity contribution in [2.24, 2.45) is 0 Å². The van der Waals surface area contributed by atoms with Gasteiger partial charge in [0, 0.05) is 24.4 Å². The Labute approximate surface area is 155 Å². The zero-order chi connectivity index (χ0) is 18.5. The minimum Gasteiger partial charge on any atom is -0.351 e. The van der Waals surface area contributed by atoms with Gasteiger partial charge in [-0.3, -0.25) is 9.59 Å². The molecular formula is C17H13F2N3O2S2. The second-order valence-corrected chi connectivity index (χ2v) is 7.00. The fraction of sp³-hybridized carbons (Fsp3) is 0.118. The van der Waals surface area contributed by atoms with E-state index in [-0.39, 0.29) is 24.4 Å². The van der Waals surface area contributed by atoms with E-state index in [1.54, 1.807) is 11.3 Å². The van der Waals surface area contributed by atoms with Crippen LogP contribution in [-0.2, 0) is 4.79 Å². The predicted molar refractivity (Wildman–Crippen MR) is 97.4 cm³/mol. The third-order valence-electron chi connectivity index (χ3n) is 3.34. The zero-order valence-corrected chi connectivity index (χ0v) is 14.9. The van der Waals surface area contributed by atoms with Gasteiger partial charge in [0.2, 0.25) is 5.91 Å². The summed E-state index contributed by atoms with van der Waals surface area (Å²) in [7, 11) is 0. The van der Waals surface area contributed by atoms with Crippen LogP contribution in [0.2, 0.25) is 0 Å². The monoisotopic (exact) mass is 393 g/mol. The summed E-state index contributed by atoms with van der Waals surface area (Å²) in [6.07, 6.45) is 0.00245. The number of rotatable bonds is 6. The van der Waals surface area contributed by atoms with Gasteiger partial charge in [-0.1, -0.05) is 6.07 Å². The number of aromatic nitrogens is 1. The quantitative estimate of drug-likeness (QED) is 0.667. The van der Waals surface area contributed by atoms with Crippen LogP contribution in [0.1, 0.15) is 16.8 Å². The topological polar surface area (TPSA) is 71.1 Å². The van der Waals surface area contributed by atoms with E-state index in [0.717, 1.165) is 22.7 Å². The minimum absolute atomic E-state index is 0.00245. The molecule has 0 fully saturated rings. The molecule has 0 unspecified atom stereocenters. The van der Waals surface area contributed by atoms with Crippen molar-refractivity contribution < 1.29 is 18.4 Å². The van der Waals surface area contributed by atoms with Crippen molar-refractivity contribution in [3.8, 4) is 10.6 Å². The summed E-state index contributed by atoms with van der Waals surface area (Å²) in [5.74, 6) is -2.74. The number of anilines is 1. The number of nitrogens with one attached hydrogen (secondary N) is 2. The average molecular weight is 393 g/mol. The summed E-state index contributed by atoms with van der Waals surface area (Å²) >= 11 is 2.86. The predicted octanol–water partition coefficient (Wildman–Crippen LogP) is 3.91. The van der Waals surface area contributed by atoms with Gasteiger partial charge in [-0.05, 0) is 23.6 Å². The largest absolute Gasteiger partial charge is 0.351 e. The average Bonchev–Trinajstić information content (AvgIpc) is 3.25. The molecule has 1 aromatic carbocycles. The fourth-order valence-electron chi connectivity index (χ4n) is 2.11. The van der Waals surface area contributed by atoms with Crippen LogP contribution in [0.3, 0.4) is 0 Å². The van der Waals surface area contributed by atoms with Gasteiger partial charge in [0.05, 0.1) is 16.1 Å². The molecule has 0 aliphatic rings. The Kier molecular flexibility index (Phi) is 5.69. The van der Waals surface area contributed by atoms with Crippen LogP contribution in [0, 0.1) is 11.6 Å². The van der Waals surface area contributed by atoms with Crippen LogP contribution in [-0.4, -0.2) is 23.3 Å². The Morgan fingerprint density at radius 2 is 2.00 bits per heavy atom. The Balaban J connectivity index is 1.48. The first-order valence-electron chi connectivity index (χ1n) is 7.55. The van der Waals surface area contributed by atoms with E-state index >= 15 is 0 Å². The number of hydrogen-bond acceptors (Lipinski definition) is 5. The summed E-state index contributed by atoms with van der Waals surface area (Å²) in [6.45, 7) is 0.0185. The first kappa shape index (κ1) is 18.2. The number of hydrogen-bond donors (Lipinski definition) is 2. The summed E-state index contributed by atoms with van der Waals surface area (Å²) in [5, 5.41) is 9.34. The van der Waals surface area contributed by atoms with Crippen LogP contribution in [0.5, 0.6) is 0 Å². The van der Waals surface area contributed by atoms with Crippen molar-refractivity contribution in [1.29, 1.82) is 0 Å². The maximum atomic E-state index is 13.5. The number of thiophene rings is 1. The van der Waals surface area contributed by atoms with Gasteiger partial charge in [0.1, 0.15) is 11.6 Å². The molecule has 134 valence electrons. The van der Waals surface area contributed by atoms with Gasteiger partial charge in [-0.25, -0.2) is 13.8 Å². The number of carbonyl (C=O) groups excluding carboxylic acids is 2. The van der Waals surface area contributed by atoms with E-state index in [1.807, 2.05) is 22.9 Å². The van der Waals surface area contributed by atoms with E-state index < -0.39 is 17.5 Å². The molecule has 0 aliphatic heterocycles. The zero-order valence-electron chi connectivity index (χ0n) is 13.3. The van der Waals surface area contributed by atoms with Crippen molar-refractivity contribution in [3.05, 3.63) is 58.3 Å².